The van der Waals surface area contributed by atoms with Crippen LogP contribution in [0.25, 0.3) is 10.9 Å². The first-order valence-electron chi connectivity index (χ1n) is 7.75. The van der Waals surface area contributed by atoms with Crippen molar-refractivity contribution in [2.24, 2.45) is 0 Å². The Balaban J connectivity index is 0.00000132. The van der Waals surface area contributed by atoms with Crippen LogP contribution < -0.4 is 4.90 Å². The molecule has 2 fully saturated rings. The van der Waals surface area contributed by atoms with Crippen LogP contribution in [-0.2, 0) is 0 Å². The molecule has 1 atom stereocenters. The molecule has 3 nitrogen and oxygen atoms in total. The Morgan fingerprint density at radius 2 is 1.86 bits per heavy atom. The Bertz CT molecular complexity index is 616. The van der Waals surface area contributed by atoms with E-state index in [-0.39, 0.29) is 12.4 Å². The molecule has 2 aliphatic heterocycles. The highest BCUT2D eigenvalue weighted by molar-refractivity contribution is 5.85. The molecule has 0 bridgehead atoms. The smallest absolute Gasteiger partial charge is 0.129 e. The maximum Gasteiger partial charge on any atom is 0.129 e. The molecular weight excluding hydrogens is 282 g/mol. The van der Waals surface area contributed by atoms with Crippen LogP contribution in [0.15, 0.2) is 36.4 Å². The van der Waals surface area contributed by atoms with Gasteiger partial charge in [-0.05, 0) is 37.6 Å². The van der Waals surface area contributed by atoms with Crippen molar-refractivity contribution in [3.05, 3.63) is 36.4 Å². The number of hydrogen-bond donors (Lipinski definition) is 0. The molecule has 0 radical (unpaired) electrons. The number of para-hydroxylation sites is 1. The van der Waals surface area contributed by atoms with E-state index in [0.717, 1.165) is 30.5 Å². The first-order valence-corrected chi connectivity index (χ1v) is 7.75. The Hall–Kier alpha value is -1.32. The summed E-state index contributed by atoms with van der Waals surface area (Å²) in [5.41, 5.74) is 1.11. The van der Waals surface area contributed by atoms with Gasteiger partial charge < -0.3 is 4.90 Å². The summed E-state index contributed by atoms with van der Waals surface area (Å²) >= 11 is 0. The van der Waals surface area contributed by atoms with Gasteiger partial charge in [0.25, 0.3) is 0 Å². The zero-order valence-electron chi connectivity index (χ0n) is 12.2. The summed E-state index contributed by atoms with van der Waals surface area (Å²) in [6.45, 7) is 4.75. The first-order chi connectivity index (χ1) is 9.90. The summed E-state index contributed by atoms with van der Waals surface area (Å²) < 4.78 is 0. The highest BCUT2D eigenvalue weighted by atomic mass is 35.5. The maximum atomic E-state index is 4.84. The summed E-state index contributed by atoms with van der Waals surface area (Å²) in [6, 6.07) is 13.5. The van der Waals surface area contributed by atoms with Gasteiger partial charge in [0.1, 0.15) is 5.82 Å². The van der Waals surface area contributed by atoms with Crippen molar-refractivity contribution in [2.75, 3.05) is 31.1 Å². The molecule has 2 aromatic rings. The lowest BCUT2D eigenvalue weighted by molar-refractivity contribution is 0.133. The molecule has 3 heterocycles. The van der Waals surface area contributed by atoms with Crippen molar-refractivity contribution >= 4 is 29.1 Å². The molecule has 0 saturated carbocycles. The van der Waals surface area contributed by atoms with Gasteiger partial charge in [-0.1, -0.05) is 24.6 Å². The van der Waals surface area contributed by atoms with E-state index in [1.54, 1.807) is 0 Å². The van der Waals surface area contributed by atoms with Crippen molar-refractivity contribution in [2.45, 2.75) is 25.3 Å². The Morgan fingerprint density at radius 1 is 0.952 bits per heavy atom. The van der Waals surface area contributed by atoms with E-state index < -0.39 is 0 Å². The number of nitrogens with zero attached hydrogens (tertiary/aromatic N) is 3. The van der Waals surface area contributed by atoms with Gasteiger partial charge in [-0.15, -0.1) is 12.4 Å². The van der Waals surface area contributed by atoms with Crippen LogP contribution in [0.3, 0.4) is 0 Å². The standard InChI is InChI=1S/C17H21N3.ClH/c1-2-7-16-14(5-1)8-9-17(18-16)20-12-11-19-10-4-3-6-15(19)13-20;/h1-2,5,7-9,15H,3-4,6,10-13H2;1H/t15-;/m1./s1. The second-order valence-corrected chi connectivity index (χ2v) is 5.99. The van der Waals surface area contributed by atoms with Crippen molar-refractivity contribution < 1.29 is 0 Å². The number of halogens is 1. The largest absolute Gasteiger partial charge is 0.354 e. The van der Waals surface area contributed by atoms with Crippen LogP contribution in [0.1, 0.15) is 19.3 Å². The average Bonchev–Trinajstić information content (AvgIpc) is 2.54. The molecule has 112 valence electrons. The monoisotopic (exact) mass is 303 g/mol. The maximum absolute atomic E-state index is 4.84. The SMILES string of the molecule is Cl.c1ccc2nc(N3CCN4CCCC[C@@H]4C3)ccc2c1. The van der Waals surface area contributed by atoms with E-state index in [2.05, 4.69) is 46.2 Å². The van der Waals surface area contributed by atoms with E-state index in [1.165, 1.54) is 37.7 Å². The zero-order valence-corrected chi connectivity index (χ0v) is 13.1. The molecule has 0 aliphatic carbocycles. The fourth-order valence-corrected chi connectivity index (χ4v) is 3.60. The number of aromatic nitrogens is 1. The van der Waals surface area contributed by atoms with Gasteiger partial charge in [0.05, 0.1) is 5.52 Å². The molecule has 1 aromatic heterocycles. The van der Waals surface area contributed by atoms with E-state index in [1.807, 2.05) is 0 Å². The average molecular weight is 304 g/mol. The number of piperidine rings is 1. The van der Waals surface area contributed by atoms with Gasteiger partial charge in [0.15, 0.2) is 0 Å². The van der Waals surface area contributed by atoms with Crippen molar-refractivity contribution in [3.8, 4) is 0 Å². The number of fused-ring (bicyclic) bond motifs is 2. The minimum Gasteiger partial charge on any atom is -0.354 e. The quantitative estimate of drug-likeness (QED) is 0.805. The zero-order chi connectivity index (χ0) is 13.4. The summed E-state index contributed by atoms with van der Waals surface area (Å²) in [5.74, 6) is 1.15. The lowest BCUT2D eigenvalue weighted by Gasteiger charge is -2.44. The number of piperazine rings is 1. The predicted octanol–water partition coefficient (Wildman–Crippen LogP) is 3.33. The lowest BCUT2D eigenvalue weighted by Crippen LogP contribution is -2.55. The normalized spacial score (nSPS) is 22.7. The van der Waals surface area contributed by atoms with Gasteiger partial charge >= 0.3 is 0 Å². The minimum absolute atomic E-state index is 0. The third-order valence-corrected chi connectivity index (χ3v) is 4.75. The predicted molar refractivity (Wildman–Crippen MR) is 90.4 cm³/mol. The molecule has 0 unspecified atom stereocenters. The Morgan fingerprint density at radius 3 is 2.81 bits per heavy atom. The Labute approximate surface area is 132 Å². The van der Waals surface area contributed by atoms with Gasteiger partial charge in [0, 0.05) is 31.1 Å². The summed E-state index contributed by atoms with van der Waals surface area (Å²) in [4.78, 5) is 9.98. The fourth-order valence-electron chi connectivity index (χ4n) is 3.60. The van der Waals surface area contributed by atoms with Crippen LogP contribution in [0.2, 0.25) is 0 Å². The number of benzene rings is 1. The third-order valence-electron chi connectivity index (χ3n) is 4.75. The molecule has 0 N–H and O–H groups in total. The molecule has 21 heavy (non-hydrogen) atoms. The van der Waals surface area contributed by atoms with Crippen molar-refractivity contribution in [3.63, 3.8) is 0 Å². The number of anilines is 1. The third kappa shape index (κ3) is 2.85. The highest BCUT2D eigenvalue weighted by Gasteiger charge is 2.29. The molecule has 4 rings (SSSR count). The van der Waals surface area contributed by atoms with E-state index in [0.29, 0.717) is 0 Å². The van der Waals surface area contributed by atoms with Gasteiger partial charge in [-0.2, -0.15) is 0 Å². The summed E-state index contributed by atoms with van der Waals surface area (Å²) in [6.07, 6.45) is 4.12. The second-order valence-electron chi connectivity index (χ2n) is 5.99. The van der Waals surface area contributed by atoms with Crippen LogP contribution in [0.4, 0.5) is 5.82 Å². The molecular formula is C17H22ClN3. The summed E-state index contributed by atoms with van der Waals surface area (Å²) in [5, 5.41) is 1.23. The Kier molecular flexibility index (Phi) is 4.32. The van der Waals surface area contributed by atoms with Gasteiger partial charge in [-0.3, -0.25) is 4.90 Å². The van der Waals surface area contributed by atoms with E-state index in [9.17, 15) is 0 Å². The van der Waals surface area contributed by atoms with Crippen molar-refractivity contribution in [1.29, 1.82) is 0 Å². The number of rotatable bonds is 1. The topological polar surface area (TPSA) is 19.4 Å². The molecule has 0 amide bonds. The van der Waals surface area contributed by atoms with E-state index in [4.69, 9.17) is 4.98 Å². The molecule has 1 aromatic carbocycles. The molecule has 4 heteroatoms. The lowest BCUT2D eigenvalue weighted by atomic mass is 9.99. The number of pyridine rings is 1. The van der Waals surface area contributed by atoms with Crippen LogP contribution >= 0.6 is 12.4 Å². The van der Waals surface area contributed by atoms with Gasteiger partial charge in [0.2, 0.25) is 0 Å². The van der Waals surface area contributed by atoms with Crippen LogP contribution in [0.5, 0.6) is 0 Å². The molecule has 2 saturated heterocycles. The second kappa shape index (κ2) is 6.20. The molecule has 2 aliphatic rings. The highest BCUT2D eigenvalue weighted by Crippen LogP contribution is 2.25. The minimum atomic E-state index is 0. The van der Waals surface area contributed by atoms with E-state index >= 15 is 0 Å². The molecule has 0 spiro atoms. The first kappa shape index (κ1) is 14.6. The fraction of sp³-hybridized carbons (Fsp3) is 0.471. The number of hydrogen-bond acceptors (Lipinski definition) is 3. The van der Waals surface area contributed by atoms with Gasteiger partial charge in [-0.25, -0.2) is 4.98 Å². The summed E-state index contributed by atoms with van der Waals surface area (Å²) in [7, 11) is 0. The van der Waals surface area contributed by atoms with Crippen molar-refractivity contribution in [1.82, 2.24) is 9.88 Å². The van der Waals surface area contributed by atoms with Crippen LogP contribution in [-0.4, -0.2) is 42.1 Å². The van der Waals surface area contributed by atoms with Crippen LogP contribution in [0, 0.1) is 0 Å².